The minimum atomic E-state index is -0.215. The molecule has 146 valence electrons. The molecule has 1 saturated heterocycles. The zero-order valence-electron chi connectivity index (χ0n) is 16.0. The minimum Gasteiger partial charge on any atom is -0.368 e. The van der Waals surface area contributed by atoms with Crippen LogP contribution < -0.4 is 9.80 Å². The van der Waals surface area contributed by atoms with Gasteiger partial charge in [-0.05, 0) is 36.4 Å². The van der Waals surface area contributed by atoms with Crippen LogP contribution in [-0.2, 0) is 0 Å². The fraction of sp³-hybridized carbons (Fsp3) is 0.227. The number of piperazine rings is 1. The molecule has 0 unspecified atom stereocenters. The van der Waals surface area contributed by atoms with Crippen LogP contribution >= 0.6 is 0 Å². The predicted octanol–water partition coefficient (Wildman–Crippen LogP) is 4.06. The number of nitrogens with zero attached hydrogens (tertiary/aromatic N) is 5. The highest BCUT2D eigenvalue weighted by Crippen LogP contribution is 2.32. The molecule has 0 N–H and O–H groups in total. The Kier molecular flexibility index (Phi) is 4.35. The first-order valence-electron chi connectivity index (χ1n) is 9.63. The summed E-state index contributed by atoms with van der Waals surface area (Å²) in [5, 5.41) is 5.16. The second-order valence-electron chi connectivity index (χ2n) is 7.14. The number of anilines is 2. The average molecular weight is 389 g/mol. The van der Waals surface area contributed by atoms with Gasteiger partial charge in [0.05, 0.1) is 11.1 Å². The Morgan fingerprint density at radius 2 is 1.62 bits per heavy atom. The molecular formula is C22H20FN5O. The molecule has 0 spiro atoms. The molecule has 0 atom stereocenters. The van der Waals surface area contributed by atoms with E-state index in [1.165, 1.54) is 12.1 Å². The fourth-order valence-electron chi connectivity index (χ4n) is 3.75. The molecule has 3 heterocycles. The third-order valence-corrected chi connectivity index (χ3v) is 5.24. The van der Waals surface area contributed by atoms with Crippen molar-refractivity contribution in [3.63, 3.8) is 0 Å². The van der Waals surface area contributed by atoms with E-state index in [2.05, 4.69) is 26.0 Å². The van der Waals surface area contributed by atoms with E-state index in [0.717, 1.165) is 54.2 Å². The average Bonchev–Trinajstić information content (AvgIpc) is 3.20. The van der Waals surface area contributed by atoms with E-state index in [-0.39, 0.29) is 5.82 Å². The van der Waals surface area contributed by atoms with Crippen molar-refractivity contribution in [1.82, 2.24) is 15.1 Å². The Hall–Kier alpha value is -3.48. The van der Waals surface area contributed by atoms with Gasteiger partial charge in [-0.3, -0.25) is 0 Å². The third-order valence-electron chi connectivity index (χ3n) is 5.24. The highest BCUT2D eigenvalue weighted by Gasteiger charge is 2.23. The number of aromatic nitrogens is 3. The van der Waals surface area contributed by atoms with Crippen molar-refractivity contribution in [3.05, 3.63) is 66.3 Å². The lowest BCUT2D eigenvalue weighted by Gasteiger charge is -2.37. The van der Waals surface area contributed by atoms with E-state index in [0.29, 0.717) is 11.7 Å². The maximum absolute atomic E-state index is 13.2. The summed E-state index contributed by atoms with van der Waals surface area (Å²) in [6, 6.07) is 16.8. The van der Waals surface area contributed by atoms with Gasteiger partial charge < -0.3 is 14.3 Å². The van der Waals surface area contributed by atoms with Crippen molar-refractivity contribution in [2.75, 3.05) is 36.0 Å². The molecule has 1 fully saturated rings. The van der Waals surface area contributed by atoms with Crippen LogP contribution in [0.2, 0.25) is 0 Å². The monoisotopic (exact) mass is 389 g/mol. The van der Waals surface area contributed by atoms with Crippen molar-refractivity contribution in [2.45, 2.75) is 6.92 Å². The highest BCUT2D eigenvalue weighted by molar-refractivity contribution is 5.88. The van der Waals surface area contributed by atoms with Crippen LogP contribution in [0.15, 0.2) is 59.1 Å². The van der Waals surface area contributed by atoms with Gasteiger partial charge in [-0.25, -0.2) is 9.37 Å². The molecule has 0 saturated carbocycles. The molecule has 6 nitrogen and oxygen atoms in total. The van der Waals surface area contributed by atoms with E-state index in [4.69, 9.17) is 9.51 Å². The van der Waals surface area contributed by atoms with Gasteiger partial charge >= 0.3 is 0 Å². The summed E-state index contributed by atoms with van der Waals surface area (Å²) in [6.45, 7) is 5.03. The molecule has 7 heteroatoms. The molecule has 0 aliphatic carbocycles. The second kappa shape index (κ2) is 7.16. The minimum absolute atomic E-state index is 0.215. The van der Waals surface area contributed by atoms with Gasteiger partial charge in [0.25, 0.3) is 0 Å². The van der Waals surface area contributed by atoms with Crippen LogP contribution in [0.3, 0.4) is 0 Å². The van der Waals surface area contributed by atoms with Crippen molar-refractivity contribution in [1.29, 1.82) is 0 Å². The topological polar surface area (TPSA) is 58.3 Å². The maximum Gasteiger partial charge on any atom is 0.223 e. The lowest BCUT2D eigenvalue weighted by Crippen LogP contribution is -2.47. The zero-order valence-corrected chi connectivity index (χ0v) is 16.0. The molecule has 2 aromatic carbocycles. The van der Waals surface area contributed by atoms with Crippen LogP contribution in [0, 0.1) is 12.7 Å². The summed E-state index contributed by atoms with van der Waals surface area (Å²) >= 11 is 0. The summed E-state index contributed by atoms with van der Waals surface area (Å²) in [5.41, 5.74) is 2.84. The first-order chi connectivity index (χ1) is 14.2. The summed E-state index contributed by atoms with van der Waals surface area (Å²) < 4.78 is 18.4. The number of halogens is 1. The largest absolute Gasteiger partial charge is 0.368 e. The highest BCUT2D eigenvalue weighted by atomic mass is 19.1. The van der Waals surface area contributed by atoms with Gasteiger partial charge in [-0.15, -0.1) is 0 Å². The lowest BCUT2D eigenvalue weighted by molar-refractivity contribution is 0.394. The standard InChI is InChI=1S/C22H20FN5O/c1-15-24-21(26-29-15)19-14-16-4-2-3-5-20(16)25-22(19)28-12-10-27(11-13-28)18-8-6-17(23)7-9-18/h2-9,14H,10-13H2,1H3. The van der Waals surface area contributed by atoms with Gasteiger partial charge in [0.2, 0.25) is 11.7 Å². The van der Waals surface area contributed by atoms with Gasteiger partial charge in [-0.1, -0.05) is 23.4 Å². The Morgan fingerprint density at radius 3 is 2.34 bits per heavy atom. The van der Waals surface area contributed by atoms with Crippen LogP contribution in [-0.4, -0.2) is 41.3 Å². The fourth-order valence-corrected chi connectivity index (χ4v) is 3.75. The Labute approximate surface area is 167 Å². The van der Waals surface area contributed by atoms with Gasteiger partial charge in [0, 0.05) is 44.2 Å². The molecule has 1 aliphatic rings. The summed E-state index contributed by atoms with van der Waals surface area (Å²) in [6.07, 6.45) is 0. The number of para-hydroxylation sites is 1. The smallest absolute Gasteiger partial charge is 0.223 e. The maximum atomic E-state index is 13.2. The van der Waals surface area contributed by atoms with Gasteiger partial charge in [0.15, 0.2) is 0 Å². The number of hydrogen-bond donors (Lipinski definition) is 0. The molecular weight excluding hydrogens is 369 g/mol. The number of aryl methyl sites for hydroxylation is 1. The van der Waals surface area contributed by atoms with Crippen molar-refractivity contribution in [2.24, 2.45) is 0 Å². The van der Waals surface area contributed by atoms with Crippen LogP contribution in [0.5, 0.6) is 0 Å². The van der Waals surface area contributed by atoms with Gasteiger partial charge in [0.1, 0.15) is 11.6 Å². The van der Waals surface area contributed by atoms with Crippen molar-refractivity contribution < 1.29 is 8.91 Å². The lowest BCUT2D eigenvalue weighted by atomic mass is 10.1. The Morgan fingerprint density at radius 1 is 0.897 bits per heavy atom. The van der Waals surface area contributed by atoms with Crippen LogP contribution in [0.1, 0.15) is 5.89 Å². The van der Waals surface area contributed by atoms with Crippen molar-refractivity contribution >= 4 is 22.4 Å². The quantitative estimate of drug-likeness (QED) is 0.527. The van der Waals surface area contributed by atoms with E-state index >= 15 is 0 Å². The molecule has 1 aliphatic heterocycles. The van der Waals surface area contributed by atoms with Crippen molar-refractivity contribution in [3.8, 4) is 11.4 Å². The summed E-state index contributed by atoms with van der Waals surface area (Å²) in [4.78, 5) is 13.9. The Balaban J connectivity index is 1.47. The van der Waals surface area contributed by atoms with Crippen LogP contribution in [0.4, 0.5) is 15.9 Å². The summed E-state index contributed by atoms with van der Waals surface area (Å²) in [5.74, 6) is 1.73. The van der Waals surface area contributed by atoms with Crippen LogP contribution in [0.25, 0.3) is 22.3 Å². The number of pyridine rings is 1. The molecule has 4 aromatic rings. The molecule has 2 aromatic heterocycles. The first kappa shape index (κ1) is 17.6. The SMILES string of the molecule is Cc1nc(-c2cc3ccccc3nc2N2CCN(c3ccc(F)cc3)CC2)no1. The van der Waals surface area contributed by atoms with E-state index in [1.54, 1.807) is 6.92 Å². The molecule has 0 bridgehead atoms. The number of hydrogen-bond acceptors (Lipinski definition) is 6. The van der Waals surface area contributed by atoms with E-state index in [9.17, 15) is 4.39 Å². The van der Waals surface area contributed by atoms with Gasteiger partial charge in [-0.2, -0.15) is 4.98 Å². The summed E-state index contributed by atoms with van der Waals surface area (Å²) in [7, 11) is 0. The normalized spacial score (nSPS) is 14.6. The van der Waals surface area contributed by atoms with E-state index < -0.39 is 0 Å². The number of benzene rings is 2. The molecule has 0 amide bonds. The molecule has 5 rings (SSSR count). The Bertz CT molecular complexity index is 1150. The third kappa shape index (κ3) is 3.40. The van der Waals surface area contributed by atoms with E-state index in [1.807, 2.05) is 36.4 Å². The molecule has 29 heavy (non-hydrogen) atoms. The zero-order chi connectivity index (χ0) is 19.8. The predicted molar refractivity (Wildman–Crippen MR) is 111 cm³/mol. The first-order valence-corrected chi connectivity index (χ1v) is 9.63. The second-order valence-corrected chi connectivity index (χ2v) is 7.14. The number of fused-ring (bicyclic) bond motifs is 1. The molecule has 0 radical (unpaired) electrons. The number of rotatable bonds is 3.